The molecule has 3 fully saturated rings. The molecule has 16 heteroatoms. The molecule has 0 radical (unpaired) electrons. The summed E-state index contributed by atoms with van der Waals surface area (Å²) < 4.78 is 35.3. The number of carbonyl (C=O) groups excluding carboxylic acids is 6. The molecule has 4 aliphatic rings. The molecule has 1 aromatic carbocycles. The van der Waals surface area contributed by atoms with E-state index >= 15 is 4.79 Å². The number of nitrogens with one attached hydrogen (secondary N) is 1. The van der Waals surface area contributed by atoms with E-state index in [1.807, 2.05) is 20.8 Å². The van der Waals surface area contributed by atoms with Gasteiger partial charge in [-0.3, -0.25) is 14.4 Å². The number of rotatable bonds is 10. The Morgan fingerprint density at radius 3 is 2.15 bits per heavy atom. The van der Waals surface area contributed by atoms with Crippen LogP contribution >= 0.6 is 0 Å². The molecule has 9 unspecified atom stereocenters. The first-order chi connectivity index (χ1) is 27.2. The molecule has 59 heavy (non-hydrogen) atoms. The molecule has 1 aromatic rings. The number of aliphatic hydroxyl groups excluding tert-OH is 2. The van der Waals surface area contributed by atoms with Crippen LogP contribution in [0.25, 0.3) is 0 Å². The van der Waals surface area contributed by atoms with E-state index in [2.05, 4.69) is 5.32 Å². The molecule has 0 aromatic heterocycles. The fourth-order valence-electron chi connectivity index (χ4n) is 9.45. The summed E-state index contributed by atoms with van der Waals surface area (Å²) in [6, 6.07) is 6.64. The number of fused-ring (bicyclic) bond motifs is 5. The van der Waals surface area contributed by atoms with Crippen LogP contribution in [0.1, 0.15) is 99.4 Å². The molecule has 11 atom stereocenters. The first kappa shape index (κ1) is 45.7. The van der Waals surface area contributed by atoms with Crippen molar-refractivity contribution in [2.24, 2.45) is 34.0 Å². The van der Waals surface area contributed by atoms with Gasteiger partial charge in [-0.25, -0.2) is 14.4 Å². The number of amides is 1. The number of benzene rings is 1. The largest absolute Gasteiger partial charge is 0.460 e. The van der Waals surface area contributed by atoms with Crippen molar-refractivity contribution in [2.75, 3.05) is 13.2 Å². The second-order valence-corrected chi connectivity index (χ2v) is 18.7. The lowest BCUT2D eigenvalue weighted by molar-refractivity contribution is -0.345. The molecule has 1 amide bonds. The van der Waals surface area contributed by atoms with Gasteiger partial charge in [-0.2, -0.15) is 0 Å². The average Bonchev–Trinajstić information content (AvgIpc) is 3.13. The van der Waals surface area contributed by atoms with Crippen molar-refractivity contribution in [1.29, 1.82) is 0 Å². The van der Waals surface area contributed by atoms with E-state index in [-0.39, 0.29) is 36.2 Å². The van der Waals surface area contributed by atoms with Crippen LogP contribution in [0, 0.1) is 34.0 Å². The Morgan fingerprint density at radius 2 is 1.63 bits per heavy atom. The van der Waals surface area contributed by atoms with Gasteiger partial charge in [0.15, 0.2) is 17.5 Å². The second-order valence-electron chi connectivity index (χ2n) is 18.7. The molecule has 4 N–H and O–H groups in total. The van der Waals surface area contributed by atoms with Crippen molar-refractivity contribution in [3.8, 4) is 0 Å². The van der Waals surface area contributed by atoms with Crippen LogP contribution in [0.3, 0.4) is 0 Å². The van der Waals surface area contributed by atoms with Crippen LogP contribution in [0.5, 0.6) is 0 Å². The zero-order chi connectivity index (χ0) is 44.2. The molecule has 5 rings (SSSR count). The van der Waals surface area contributed by atoms with Gasteiger partial charge in [-0.1, -0.05) is 73.6 Å². The third kappa shape index (κ3) is 8.12. The summed E-state index contributed by atoms with van der Waals surface area (Å²) in [5.41, 5.74) is -8.14. The topological polar surface area (TPSA) is 231 Å². The highest BCUT2D eigenvalue weighted by Crippen LogP contribution is 2.65. The number of aliphatic hydroxyl groups is 3. The molecule has 16 nitrogen and oxygen atoms in total. The van der Waals surface area contributed by atoms with E-state index in [1.165, 1.54) is 19.1 Å². The van der Waals surface area contributed by atoms with Crippen molar-refractivity contribution >= 4 is 35.8 Å². The van der Waals surface area contributed by atoms with Crippen LogP contribution in [-0.2, 0) is 47.6 Å². The predicted octanol–water partition coefficient (Wildman–Crippen LogP) is 3.57. The number of Topliss-reactive ketones (excluding diaryl/α,β-unsaturated/α-hetero) is 1. The molecule has 1 heterocycles. The molecular weight excluding hydrogens is 770 g/mol. The highest BCUT2D eigenvalue weighted by atomic mass is 16.6. The molecule has 3 aliphatic carbocycles. The van der Waals surface area contributed by atoms with Crippen molar-refractivity contribution in [3.63, 3.8) is 0 Å². The smallest absolute Gasteiger partial charge is 0.407 e. The van der Waals surface area contributed by atoms with Gasteiger partial charge in [0, 0.05) is 38.0 Å². The van der Waals surface area contributed by atoms with Crippen LogP contribution < -0.4 is 5.32 Å². The number of hydrogen-bond acceptors (Lipinski definition) is 15. The highest BCUT2D eigenvalue weighted by molar-refractivity contribution is 6.02. The number of esters is 4. The van der Waals surface area contributed by atoms with Gasteiger partial charge >= 0.3 is 30.0 Å². The lowest BCUT2D eigenvalue weighted by Crippen LogP contribution is -2.81. The Balaban J connectivity index is 1.70. The van der Waals surface area contributed by atoms with Crippen LogP contribution in [-0.4, -0.2) is 112 Å². The number of alkyl carbamates (subject to hydrolysis) is 1. The van der Waals surface area contributed by atoms with Gasteiger partial charge in [0.25, 0.3) is 0 Å². The zero-order valence-corrected chi connectivity index (χ0v) is 35.7. The van der Waals surface area contributed by atoms with Crippen molar-refractivity contribution in [1.82, 2.24) is 5.32 Å². The fraction of sp³-hybridized carbons (Fsp3) is 0.674. The summed E-state index contributed by atoms with van der Waals surface area (Å²) in [6.07, 6.45) is -9.34. The SMILES string of the molecule is CC(=O)OC1=C2C(C)C(OC(=O)C(O)C(NC(=O)OCC(C)(C)C)C(C)C)CC(O)(C(OC(=O)c3ccccc3)C3[C@]4(OC(C)=O)COC4CC(O)[C@@]3(C)C1=O)C2(C)C. The minimum Gasteiger partial charge on any atom is -0.460 e. The summed E-state index contributed by atoms with van der Waals surface area (Å²) >= 11 is 0. The first-order valence-electron chi connectivity index (χ1n) is 20.0. The number of ether oxygens (including phenoxy) is 6. The average molecular weight is 830 g/mol. The molecule has 0 spiro atoms. The van der Waals surface area contributed by atoms with Crippen LogP contribution in [0.4, 0.5) is 4.79 Å². The number of ketones is 1. The third-order valence-corrected chi connectivity index (χ3v) is 12.7. The van der Waals surface area contributed by atoms with E-state index in [0.29, 0.717) is 0 Å². The standard InChI is InChI=1S/C43H59NO15/c1-21(2)30(44-38(52)55-19-39(6,7)8)31(48)37(51)57-26-18-43(53)35(58-36(50)25-15-13-12-14-16-25)33-41(11,27(47)17-28-42(33,20-54-28)59-24(5)46)34(49)32(56-23(4)45)29(22(26)3)40(43,9)10/h12-16,21-22,26-28,30-31,33,35,47-48,53H,17-20H2,1-11H3,(H,44,52)/t22?,26?,27?,28?,30?,31?,33?,35?,41-,42+,43?/m1/s1. The van der Waals surface area contributed by atoms with Gasteiger partial charge in [0.2, 0.25) is 5.78 Å². The Labute approximate surface area is 344 Å². The van der Waals surface area contributed by atoms with E-state index < -0.39 is 124 Å². The van der Waals surface area contributed by atoms with Crippen LogP contribution in [0.15, 0.2) is 41.7 Å². The van der Waals surface area contributed by atoms with Gasteiger partial charge in [-0.05, 0) is 36.0 Å². The van der Waals surface area contributed by atoms with Crippen molar-refractivity contribution in [2.45, 2.75) is 137 Å². The molecular formula is C43H59NO15. The summed E-state index contributed by atoms with van der Waals surface area (Å²) in [5.74, 6) is -8.35. The maximum absolute atomic E-state index is 15.4. The summed E-state index contributed by atoms with van der Waals surface area (Å²) in [6.45, 7) is 17.0. The minimum absolute atomic E-state index is 0.00388. The Hall–Kier alpha value is -4.38. The number of hydrogen-bond donors (Lipinski definition) is 4. The lowest BCUT2D eigenvalue weighted by atomic mass is 9.45. The van der Waals surface area contributed by atoms with Crippen LogP contribution in [0.2, 0.25) is 0 Å². The monoisotopic (exact) mass is 829 g/mol. The zero-order valence-electron chi connectivity index (χ0n) is 35.7. The van der Waals surface area contributed by atoms with Gasteiger partial charge in [0.05, 0.1) is 42.3 Å². The third-order valence-electron chi connectivity index (χ3n) is 12.7. The van der Waals surface area contributed by atoms with E-state index in [1.54, 1.807) is 52.8 Å². The summed E-state index contributed by atoms with van der Waals surface area (Å²) in [7, 11) is 0. The van der Waals surface area contributed by atoms with Gasteiger partial charge < -0.3 is 49.1 Å². The Bertz CT molecular complexity index is 1870. The summed E-state index contributed by atoms with van der Waals surface area (Å²) in [5, 5.41) is 39.5. The quantitative estimate of drug-likeness (QED) is 0.195. The minimum atomic E-state index is -2.37. The number of allylic oxidation sites excluding steroid dienone is 1. The normalized spacial score (nSPS) is 33.4. The lowest BCUT2D eigenvalue weighted by Gasteiger charge is -2.67. The second kappa shape index (κ2) is 16.2. The highest BCUT2D eigenvalue weighted by Gasteiger charge is 2.78. The maximum atomic E-state index is 15.4. The molecule has 2 bridgehead atoms. The Kier molecular flexibility index (Phi) is 12.6. The maximum Gasteiger partial charge on any atom is 0.407 e. The Morgan fingerprint density at radius 1 is 1.00 bits per heavy atom. The first-order valence-corrected chi connectivity index (χ1v) is 20.0. The number of carbonyl (C=O) groups is 6. The fourth-order valence-corrected chi connectivity index (χ4v) is 9.45. The van der Waals surface area contributed by atoms with Gasteiger partial charge in [0.1, 0.15) is 23.9 Å². The molecule has 1 saturated heterocycles. The molecule has 2 saturated carbocycles. The van der Waals surface area contributed by atoms with E-state index in [0.717, 1.165) is 13.8 Å². The van der Waals surface area contributed by atoms with Crippen molar-refractivity contribution in [3.05, 3.63) is 47.2 Å². The summed E-state index contributed by atoms with van der Waals surface area (Å²) in [4.78, 5) is 82.1. The van der Waals surface area contributed by atoms with E-state index in [9.17, 15) is 39.3 Å². The molecule has 1 aliphatic heterocycles. The van der Waals surface area contributed by atoms with Gasteiger partial charge in [-0.15, -0.1) is 0 Å². The van der Waals surface area contributed by atoms with Crippen molar-refractivity contribution < 1.29 is 72.5 Å². The predicted molar refractivity (Wildman–Crippen MR) is 207 cm³/mol. The molecule has 326 valence electrons. The van der Waals surface area contributed by atoms with E-state index in [4.69, 9.17) is 28.4 Å².